The Labute approximate surface area is 141 Å². The SMILES string of the molecule is COc1ccc(Oc2cc(CNC(=O)C(C)N)ccn2)cc1.Cl. The second-order valence-corrected chi connectivity index (χ2v) is 4.79. The number of ether oxygens (including phenoxy) is 2. The normalized spacial score (nSPS) is 11.1. The number of pyridine rings is 1. The number of carbonyl (C=O) groups excluding carboxylic acids is 1. The number of hydrogen-bond acceptors (Lipinski definition) is 5. The first kappa shape index (κ1) is 18.7. The number of halogens is 1. The van der Waals surface area contributed by atoms with Crippen LogP contribution in [0.4, 0.5) is 0 Å². The van der Waals surface area contributed by atoms with Crippen molar-refractivity contribution in [1.29, 1.82) is 0 Å². The van der Waals surface area contributed by atoms with E-state index in [4.69, 9.17) is 15.2 Å². The quantitative estimate of drug-likeness (QED) is 0.844. The second-order valence-electron chi connectivity index (χ2n) is 4.79. The number of benzene rings is 1. The molecule has 1 amide bonds. The van der Waals surface area contributed by atoms with Gasteiger partial charge in [-0.1, -0.05) is 0 Å². The van der Waals surface area contributed by atoms with Gasteiger partial charge in [0.05, 0.1) is 13.2 Å². The molecular weight excluding hydrogens is 318 g/mol. The van der Waals surface area contributed by atoms with Gasteiger partial charge in [-0.2, -0.15) is 0 Å². The summed E-state index contributed by atoms with van der Waals surface area (Å²) < 4.78 is 10.8. The highest BCUT2D eigenvalue weighted by Crippen LogP contribution is 2.22. The van der Waals surface area contributed by atoms with Crippen molar-refractivity contribution in [3.63, 3.8) is 0 Å². The number of nitrogens with two attached hydrogens (primary N) is 1. The third kappa shape index (κ3) is 5.77. The molecule has 0 bridgehead atoms. The Balaban J connectivity index is 0.00000264. The highest BCUT2D eigenvalue weighted by Gasteiger charge is 2.07. The Morgan fingerprint density at radius 1 is 1.26 bits per heavy atom. The average molecular weight is 338 g/mol. The van der Waals surface area contributed by atoms with E-state index in [1.807, 2.05) is 18.2 Å². The predicted octanol–water partition coefficient (Wildman–Crippen LogP) is 2.27. The Morgan fingerprint density at radius 3 is 2.52 bits per heavy atom. The minimum absolute atomic E-state index is 0. The number of nitrogens with one attached hydrogen (secondary N) is 1. The summed E-state index contributed by atoms with van der Waals surface area (Å²) in [6.45, 7) is 2.02. The summed E-state index contributed by atoms with van der Waals surface area (Å²) in [5.74, 6) is 1.67. The number of aromatic nitrogens is 1. The summed E-state index contributed by atoms with van der Waals surface area (Å²) in [6.07, 6.45) is 1.63. The van der Waals surface area contributed by atoms with E-state index in [0.717, 1.165) is 11.3 Å². The van der Waals surface area contributed by atoms with Crippen molar-refractivity contribution in [3.8, 4) is 17.4 Å². The molecule has 124 valence electrons. The van der Waals surface area contributed by atoms with E-state index in [1.54, 1.807) is 38.4 Å². The summed E-state index contributed by atoms with van der Waals surface area (Å²) in [6, 6.07) is 10.3. The Kier molecular flexibility index (Phi) is 7.31. The minimum Gasteiger partial charge on any atom is -0.497 e. The molecule has 7 heteroatoms. The second kappa shape index (κ2) is 8.97. The standard InChI is InChI=1S/C16H19N3O3.ClH/c1-11(17)16(20)19-10-12-7-8-18-15(9-12)22-14-5-3-13(21-2)4-6-14;/h3-9,11H,10,17H2,1-2H3,(H,19,20);1H. The van der Waals surface area contributed by atoms with E-state index in [1.165, 1.54) is 0 Å². The molecule has 1 aromatic heterocycles. The number of methoxy groups -OCH3 is 1. The first-order valence-electron chi connectivity index (χ1n) is 6.88. The van der Waals surface area contributed by atoms with Crippen LogP contribution >= 0.6 is 12.4 Å². The number of rotatable bonds is 6. The first-order valence-corrected chi connectivity index (χ1v) is 6.88. The van der Waals surface area contributed by atoms with E-state index in [-0.39, 0.29) is 18.3 Å². The van der Waals surface area contributed by atoms with Gasteiger partial charge in [0, 0.05) is 18.8 Å². The lowest BCUT2D eigenvalue weighted by molar-refractivity contribution is -0.122. The Bertz CT molecular complexity index is 633. The molecule has 2 aromatic rings. The number of nitrogens with zero attached hydrogens (tertiary/aromatic N) is 1. The minimum atomic E-state index is -0.531. The largest absolute Gasteiger partial charge is 0.497 e. The molecule has 6 nitrogen and oxygen atoms in total. The zero-order valence-electron chi connectivity index (χ0n) is 13.0. The molecule has 1 aromatic carbocycles. The summed E-state index contributed by atoms with van der Waals surface area (Å²) in [7, 11) is 1.61. The molecular formula is C16H20ClN3O3. The highest BCUT2D eigenvalue weighted by molar-refractivity contribution is 5.85. The fourth-order valence-corrected chi connectivity index (χ4v) is 1.73. The summed E-state index contributed by atoms with van der Waals surface area (Å²) in [5.41, 5.74) is 6.38. The molecule has 1 heterocycles. The number of amides is 1. The lowest BCUT2D eigenvalue weighted by Gasteiger charge is -2.09. The van der Waals surface area contributed by atoms with Crippen LogP contribution in [0.15, 0.2) is 42.6 Å². The smallest absolute Gasteiger partial charge is 0.236 e. The molecule has 1 unspecified atom stereocenters. The van der Waals surface area contributed by atoms with Gasteiger partial charge in [0.25, 0.3) is 0 Å². The van der Waals surface area contributed by atoms with Crippen molar-refractivity contribution in [2.75, 3.05) is 7.11 Å². The zero-order chi connectivity index (χ0) is 15.9. The third-order valence-electron chi connectivity index (χ3n) is 2.96. The van der Waals surface area contributed by atoms with Crippen LogP contribution in [-0.4, -0.2) is 24.0 Å². The lowest BCUT2D eigenvalue weighted by Crippen LogP contribution is -2.37. The molecule has 0 fully saturated rings. The van der Waals surface area contributed by atoms with Gasteiger partial charge in [-0.3, -0.25) is 4.79 Å². The highest BCUT2D eigenvalue weighted by atomic mass is 35.5. The molecule has 3 N–H and O–H groups in total. The molecule has 0 aliphatic heterocycles. The van der Waals surface area contributed by atoms with Crippen LogP contribution in [-0.2, 0) is 11.3 Å². The van der Waals surface area contributed by atoms with Gasteiger partial charge in [-0.05, 0) is 42.8 Å². The molecule has 1 atom stereocenters. The Morgan fingerprint density at radius 2 is 1.91 bits per heavy atom. The molecule has 23 heavy (non-hydrogen) atoms. The summed E-state index contributed by atoms with van der Waals surface area (Å²) in [4.78, 5) is 15.6. The Hall–Kier alpha value is -2.31. The van der Waals surface area contributed by atoms with Crippen molar-refractivity contribution in [2.24, 2.45) is 5.73 Å². The van der Waals surface area contributed by atoms with Gasteiger partial charge in [-0.25, -0.2) is 4.98 Å². The van der Waals surface area contributed by atoms with Gasteiger partial charge in [-0.15, -0.1) is 12.4 Å². The fourth-order valence-electron chi connectivity index (χ4n) is 1.73. The van der Waals surface area contributed by atoms with Crippen LogP contribution in [0.1, 0.15) is 12.5 Å². The van der Waals surface area contributed by atoms with E-state index < -0.39 is 6.04 Å². The van der Waals surface area contributed by atoms with Crippen molar-refractivity contribution in [3.05, 3.63) is 48.2 Å². The average Bonchev–Trinajstić information content (AvgIpc) is 2.53. The predicted molar refractivity (Wildman–Crippen MR) is 90.0 cm³/mol. The maximum absolute atomic E-state index is 11.5. The van der Waals surface area contributed by atoms with Gasteiger partial charge < -0.3 is 20.5 Å². The third-order valence-corrected chi connectivity index (χ3v) is 2.96. The van der Waals surface area contributed by atoms with Gasteiger partial charge in [0.2, 0.25) is 11.8 Å². The van der Waals surface area contributed by atoms with Crippen molar-refractivity contribution in [1.82, 2.24) is 10.3 Å². The van der Waals surface area contributed by atoms with Crippen LogP contribution in [0.5, 0.6) is 17.4 Å². The zero-order valence-corrected chi connectivity index (χ0v) is 13.8. The molecule has 0 saturated heterocycles. The van der Waals surface area contributed by atoms with Crippen LogP contribution in [0, 0.1) is 0 Å². The van der Waals surface area contributed by atoms with E-state index in [9.17, 15) is 4.79 Å². The van der Waals surface area contributed by atoms with Crippen LogP contribution < -0.4 is 20.5 Å². The van der Waals surface area contributed by atoms with Gasteiger partial charge in [0.15, 0.2) is 0 Å². The maximum atomic E-state index is 11.5. The molecule has 0 aliphatic carbocycles. The summed E-state index contributed by atoms with van der Waals surface area (Å²) in [5, 5.41) is 2.74. The number of carbonyl (C=O) groups is 1. The molecule has 0 saturated carbocycles. The van der Waals surface area contributed by atoms with Crippen molar-refractivity contribution < 1.29 is 14.3 Å². The van der Waals surface area contributed by atoms with E-state index in [0.29, 0.717) is 18.2 Å². The lowest BCUT2D eigenvalue weighted by atomic mass is 10.2. The van der Waals surface area contributed by atoms with E-state index >= 15 is 0 Å². The van der Waals surface area contributed by atoms with E-state index in [2.05, 4.69) is 10.3 Å². The monoisotopic (exact) mass is 337 g/mol. The molecule has 0 spiro atoms. The molecule has 2 rings (SSSR count). The van der Waals surface area contributed by atoms with Crippen molar-refractivity contribution >= 4 is 18.3 Å². The molecule has 0 radical (unpaired) electrons. The summed E-state index contributed by atoms with van der Waals surface area (Å²) >= 11 is 0. The van der Waals surface area contributed by atoms with Gasteiger partial charge >= 0.3 is 0 Å². The number of hydrogen-bond donors (Lipinski definition) is 2. The first-order chi connectivity index (χ1) is 10.6. The van der Waals surface area contributed by atoms with Crippen LogP contribution in [0.2, 0.25) is 0 Å². The van der Waals surface area contributed by atoms with Crippen LogP contribution in [0.3, 0.4) is 0 Å². The topological polar surface area (TPSA) is 86.5 Å². The van der Waals surface area contributed by atoms with Gasteiger partial charge in [0.1, 0.15) is 11.5 Å². The maximum Gasteiger partial charge on any atom is 0.236 e. The molecule has 0 aliphatic rings. The van der Waals surface area contributed by atoms with Crippen LogP contribution in [0.25, 0.3) is 0 Å². The van der Waals surface area contributed by atoms with Crippen molar-refractivity contribution in [2.45, 2.75) is 19.5 Å². The fraction of sp³-hybridized carbons (Fsp3) is 0.250.